The number of rotatable bonds is 19. The quantitative estimate of drug-likeness (QED) is 0.0367. The van der Waals surface area contributed by atoms with Crippen LogP contribution in [0.3, 0.4) is 0 Å². The lowest BCUT2D eigenvalue weighted by molar-refractivity contribution is -0.231. The van der Waals surface area contributed by atoms with Crippen LogP contribution in [0.2, 0.25) is 5.02 Å². The molecule has 29 heteroatoms. The molecule has 0 aromatic heterocycles. The number of benzene rings is 8. The van der Waals surface area contributed by atoms with Gasteiger partial charge in [0.25, 0.3) is 0 Å². The molecule has 0 spiro atoms. The maximum atomic E-state index is 12.4. The normalized spacial score (nSPS) is 29.2. The van der Waals surface area contributed by atoms with Gasteiger partial charge in [-0.2, -0.15) is 0 Å². The van der Waals surface area contributed by atoms with Gasteiger partial charge in [0.05, 0.1) is 44.5 Å². The monoisotopic (exact) mass is 1760 g/mol. The van der Waals surface area contributed by atoms with Crippen LogP contribution in [-0.4, -0.2) is 252 Å². The van der Waals surface area contributed by atoms with E-state index in [2.05, 4.69) is 66.0 Å². The highest BCUT2D eigenvalue weighted by Crippen LogP contribution is 2.46. The lowest BCUT2D eigenvalue weighted by atomic mass is 9.86. The maximum absolute atomic E-state index is 12.4. The molecule has 0 amide bonds. The lowest BCUT2D eigenvalue weighted by Crippen LogP contribution is -2.55. The van der Waals surface area contributed by atoms with Gasteiger partial charge >= 0.3 is 0 Å². The van der Waals surface area contributed by atoms with Crippen molar-refractivity contribution in [1.82, 2.24) is 0 Å². The van der Waals surface area contributed by atoms with Gasteiger partial charge in [-0.15, -0.1) is 23.5 Å². The molecular weight excluding hydrogens is 1650 g/mol. The smallest absolute Gasteiger partial charge is 0.175 e. The highest BCUT2D eigenvalue weighted by atomic mass is 35.5. The number of aryl methyl sites for hydroxylation is 4. The molecule has 8 aromatic rings. The van der Waals surface area contributed by atoms with Crippen molar-refractivity contribution in [2.45, 2.75) is 233 Å². The van der Waals surface area contributed by atoms with Crippen molar-refractivity contribution in [1.29, 1.82) is 0 Å². The number of hydrogen-bond acceptors (Lipinski definition) is 27. The van der Waals surface area contributed by atoms with Crippen molar-refractivity contribution >= 4 is 50.6 Å². The average Bonchev–Trinajstić information content (AvgIpc) is 1.00. The molecule has 8 aromatic carbocycles. The van der Waals surface area contributed by atoms with E-state index in [1.54, 1.807) is 30.0 Å². The molecule has 658 valence electrons. The van der Waals surface area contributed by atoms with E-state index in [1.165, 1.54) is 88.1 Å². The van der Waals surface area contributed by atoms with Crippen molar-refractivity contribution in [3.63, 3.8) is 0 Å². The van der Waals surface area contributed by atoms with Crippen molar-refractivity contribution in [2.24, 2.45) is 0 Å². The number of aliphatic hydroxyl groups excluding tert-OH is 16. The Balaban J connectivity index is 0.000000133. The van der Waals surface area contributed by atoms with E-state index in [0.717, 1.165) is 119 Å². The van der Waals surface area contributed by atoms with Gasteiger partial charge in [-0.05, 0) is 239 Å². The van der Waals surface area contributed by atoms with Gasteiger partial charge < -0.3 is 115 Å². The average molecular weight is 1760 g/mol. The van der Waals surface area contributed by atoms with E-state index in [9.17, 15) is 90.1 Å². The molecule has 122 heavy (non-hydrogen) atoms. The Bertz CT molecular complexity index is 5010. The molecule has 4 saturated heterocycles. The van der Waals surface area contributed by atoms with E-state index < -0.39 is 158 Å². The third-order valence-corrected chi connectivity index (χ3v) is 28.1. The summed E-state index contributed by atoms with van der Waals surface area (Å²) in [5, 5.41) is 164. The second kappa shape index (κ2) is 40.9. The van der Waals surface area contributed by atoms with Gasteiger partial charge in [-0.25, -0.2) is 8.42 Å². The maximum Gasteiger partial charge on any atom is 0.175 e. The molecule has 25 nitrogen and oxygen atoms in total. The zero-order valence-electron chi connectivity index (χ0n) is 68.1. The fraction of sp³-hybridized carbons (Fsp3) is 0.484. The summed E-state index contributed by atoms with van der Waals surface area (Å²) in [6, 6.07) is 47.2. The first-order valence-electron chi connectivity index (χ1n) is 42.0. The summed E-state index contributed by atoms with van der Waals surface area (Å²) in [5.74, 6) is 3.46. The van der Waals surface area contributed by atoms with E-state index in [4.69, 9.17) is 40.0 Å². The summed E-state index contributed by atoms with van der Waals surface area (Å²) in [6.45, 7) is 0.553. The van der Waals surface area contributed by atoms with Gasteiger partial charge in [0.1, 0.15) is 134 Å². The standard InChI is InChI=1S/C26H32O5.C23H28O8S.C23H28O6S.C21H24ClNO5S/c27-14-22-23(28)24(29)25(30)26(31-22)19-9-10-21(17-7-8-17)20(13-19)12-15-5-6-16-3-1-2-4-18(16)11-15;1-32(28,29)19-7-5-15(23-22(27)21(26)20(25)18(12-24)31-23)11-16(19)10-13-4-6-17-14(9-13)3-2-8-30-17;1-30-19-7-5-15(23-22(27)21(26)20(25)18(12-24)29-23)11-16(19)10-13-4-6-17-14(9-13)3-2-8-28-17;22-14-3-2-12(21-20(27)19(26)18(25)16(10-24)28-21)9-13(14)7-11-1-4-17-15(8-11)23-5-6-29-17/h5-6,9-11,13,17,22-30H,1-4,7-8,12,14H2;4-7,9,11,18,20-27H,2-3,8,10,12H2,1H3;4-7,9,11,18,20-27H,2-3,8,10,12H2,1H3;1-4,8-9,16,18-21,23-27H,5-7,10H2/t22-,23-,24+,25-,26+;2*18-,20-,21+,22-,23+;16-,18-,19+,20-,21+/m1111/s1. The first-order chi connectivity index (χ1) is 58.7. The van der Waals surface area contributed by atoms with E-state index in [0.29, 0.717) is 59.1 Å². The molecular formula is C93H112ClNO24S3. The number of nitrogens with one attached hydrogen (secondary N) is 1. The highest BCUT2D eigenvalue weighted by molar-refractivity contribution is 7.99. The summed E-state index contributed by atoms with van der Waals surface area (Å²) in [6.07, 6.45) is -7.00. The molecule has 0 radical (unpaired) electrons. The van der Waals surface area contributed by atoms with Crippen LogP contribution in [0.25, 0.3) is 0 Å². The Morgan fingerprint density at radius 1 is 0.418 bits per heavy atom. The van der Waals surface area contributed by atoms with Gasteiger partial charge in [-0.1, -0.05) is 115 Å². The molecule has 17 N–H and O–H groups in total. The highest BCUT2D eigenvalue weighted by Gasteiger charge is 2.48. The number of fused-ring (bicyclic) bond motifs is 4. The molecule has 2 aliphatic carbocycles. The largest absolute Gasteiger partial charge is 0.493 e. The third kappa shape index (κ3) is 21.1. The minimum atomic E-state index is -3.52. The number of sulfone groups is 1. The number of ether oxygens (including phenoxy) is 6. The minimum Gasteiger partial charge on any atom is -0.493 e. The first kappa shape index (κ1) is 91.5. The minimum absolute atomic E-state index is 0.166. The molecule has 20 atom stereocenters. The zero-order valence-corrected chi connectivity index (χ0v) is 71.3. The fourth-order valence-corrected chi connectivity index (χ4v) is 20.3. The summed E-state index contributed by atoms with van der Waals surface area (Å²) >= 11 is 9.90. The Kier molecular flexibility index (Phi) is 30.7. The topological polar surface area (TPSA) is 425 Å². The first-order valence-corrected chi connectivity index (χ1v) is 46.4. The molecule has 0 unspecified atom stereocenters. The van der Waals surface area contributed by atoms with E-state index >= 15 is 0 Å². The Morgan fingerprint density at radius 3 is 1.31 bits per heavy atom. The summed E-state index contributed by atoms with van der Waals surface area (Å²) < 4.78 is 59.0. The predicted molar refractivity (Wildman–Crippen MR) is 459 cm³/mol. The molecule has 17 rings (SSSR count). The molecule has 0 bridgehead atoms. The van der Waals surface area contributed by atoms with Crippen molar-refractivity contribution < 1.29 is 119 Å². The van der Waals surface area contributed by atoms with E-state index in [-0.39, 0.29) is 4.90 Å². The number of thioether (sulfide) groups is 2. The van der Waals surface area contributed by atoms with Crippen LogP contribution in [-0.2, 0) is 80.2 Å². The molecule has 5 fully saturated rings. The van der Waals surface area contributed by atoms with Gasteiger partial charge in [0.2, 0.25) is 0 Å². The van der Waals surface area contributed by atoms with Crippen LogP contribution in [0.1, 0.15) is 163 Å². The number of aliphatic hydroxyl groups is 16. The van der Waals surface area contributed by atoms with Crippen molar-refractivity contribution in [3.05, 3.63) is 245 Å². The second-order valence-electron chi connectivity index (χ2n) is 33.2. The van der Waals surface area contributed by atoms with Crippen molar-refractivity contribution in [3.8, 4) is 11.5 Å². The summed E-state index contributed by atoms with van der Waals surface area (Å²) in [7, 11) is -3.52. The fourth-order valence-electron chi connectivity index (χ4n) is 17.7. The number of halogens is 1. The lowest BCUT2D eigenvalue weighted by Gasteiger charge is -2.40. The van der Waals surface area contributed by atoms with Crippen LogP contribution in [0.5, 0.6) is 11.5 Å². The third-order valence-electron chi connectivity index (χ3n) is 24.6. The molecule has 7 aliphatic heterocycles. The summed E-state index contributed by atoms with van der Waals surface area (Å²) in [5.41, 5.74) is 18.5. The Hall–Kier alpha value is -6.70. The zero-order chi connectivity index (χ0) is 86.4. The Labute approximate surface area is 723 Å². The van der Waals surface area contributed by atoms with Gasteiger partial charge in [0, 0.05) is 39.1 Å². The van der Waals surface area contributed by atoms with Crippen LogP contribution in [0.4, 0.5) is 5.69 Å². The van der Waals surface area contributed by atoms with Crippen LogP contribution >= 0.6 is 35.1 Å². The number of hydrogen-bond donors (Lipinski definition) is 17. The summed E-state index contributed by atoms with van der Waals surface area (Å²) in [4.78, 5) is 2.53. The number of anilines is 1. The van der Waals surface area contributed by atoms with Crippen molar-refractivity contribution in [2.75, 3.05) is 69.8 Å². The van der Waals surface area contributed by atoms with Gasteiger partial charge in [-0.3, -0.25) is 0 Å². The Morgan fingerprint density at radius 2 is 0.820 bits per heavy atom. The van der Waals surface area contributed by atoms with E-state index in [1.807, 2.05) is 72.6 Å². The van der Waals surface area contributed by atoms with Gasteiger partial charge in [0.15, 0.2) is 9.84 Å². The molecule has 1 saturated carbocycles. The van der Waals surface area contributed by atoms with Crippen LogP contribution in [0, 0.1) is 0 Å². The second-order valence-corrected chi connectivity index (χ2v) is 37.6. The van der Waals surface area contributed by atoms with Crippen LogP contribution in [0.15, 0.2) is 160 Å². The SMILES string of the molecule is CS(=O)(=O)c1ccc([C@@H]2O[C@H](CO)[C@@H](O)[C@H](O)[C@H]2O)cc1Cc1ccc2c(c1)CCCO2.CSc1ccc([C@@H]2O[C@H](CO)[C@@H](O)[C@H](O)[C@H]2O)cc1Cc1ccc2c(c1)CCCO2.OC[C@H]1O[C@@H](c2ccc(C3CC3)c(Cc3ccc4c(c3)CCCC4)c2)[C@H](O)[C@@H](O)[C@@H]1O.OC[C@H]1O[C@@H](c2ccc(Cl)c(Cc3ccc4c(c3)NCCS4)c2)[C@H](O)[C@@H](O)[C@@H]1O. The van der Waals surface area contributed by atoms with Crippen LogP contribution < -0.4 is 14.8 Å². The predicted octanol–water partition coefficient (Wildman–Crippen LogP) is 6.87. The molecule has 9 aliphatic rings. The molecule has 7 heterocycles.